The van der Waals surface area contributed by atoms with Gasteiger partial charge in [0.25, 0.3) is 0 Å². The number of ether oxygens (including phenoxy) is 1. The van der Waals surface area contributed by atoms with Crippen LogP contribution in [0.15, 0.2) is 67.1 Å². The van der Waals surface area contributed by atoms with E-state index in [-0.39, 0.29) is 12.4 Å². The van der Waals surface area contributed by atoms with Gasteiger partial charge in [0.05, 0.1) is 12.0 Å². The monoisotopic (exact) mass is 300 g/mol. The van der Waals surface area contributed by atoms with Crippen LogP contribution < -0.4 is 4.74 Å². The third kappa shape index (κ3) is 3.86. The average molecular weight is 301 g/mol. The van der Waals surface area contributed by atoms with Crippen molar-refractivity contribution in [3.05, 3.63) is 72.7 Å². The maximum atomic E-state index is 5.76. The molecular weight excluding hydrogens is 284 g/mol. The van der Waals surface area contributed by atoms with Crippen LogP contribution in [0.1, 0.15) is 5.56 Å². The number of aryl methyl sites for hydroxylation is 1. The summed E-state index contributed by atoms with van der Waals surface area (Å²) in [5, 5.41) is 0. The standard InChI is InChI=1S/C17H16N2O.ClH/c1-19-11-17(18-13-19)15-7-9-16(10-8-15)20-12-14-5-3-2-4-6-14;/h2-11,13H,12H2,1H3;1H. The first-order valence-corrected chi connectivity index (χ1v) is 6.56. The van der Waals surface area contributed by atoms with E-state index in [2.05, 4.69) is 17.1 Å². The molecule has 0 bridgehead atoms. The Kier molecular flexibility index (Phi) is 5.01. The van der Waals surface area contributed by atoms with Gasteiger partial charge in [-0.2, -0.15) is 0 Å². The van der Waals surface area contributed by atoms with E-state index < -0.39 is 0 Å². The van der Waals surface area contributed by atoms with E-state index in [1.165, 1.54) is 5.56 Å². The van der Waals surface area contributed by atoms with Gasteiger partial charge in [-0.15, -0.1) is 12.4 Å². The molecule has 3 rings (SSSR count). The highest BCUT2D eigenvalue weighted by Crippen LogP contribution is 2.21. The summed E-state index contributed by atoms with van der Waals surface area (Å²) in [7, 11) is 1.97. The molecule has 21 heavy (non-hydrogen) atoms. The minimum atomic E-state index is 0. The van der Waals surface area contributed by atoms with Crippen molar-refractivity contribution >= 4 is 12.4 Å². The second-order valence-corrected chi connectivity index (χ2v) is 4.72. The van der Waals surface area contributed by atoms with E-state index in [9.17, 15) is 0 Å². The Balaban J connectivity index is 0.00000161. The summed E-state index contributed by atoms with van der Waals surface area (Å²) < 4.78 is 7.70. The fourth-order valence-corrected chi connectivity index (χ4v) is 2.02. The van der Waals surface area contributed by atoms with Gasteiger partial charge in [-0.1, -0.05) is 30.3 Å². The van der Waals surface area contributed by atoms with Crippen molar-refractivity contribution < 1.29 is 4.74 Å². The second-order valence-electron chi connectivity index (χ2n) is 4.72. The highest BCUT2D eigenvalue weighted by molar-refractivity contribution is 5.85. The van der Waals surface area contributed by atoms with Crippen molar-refractivity contribution in [2.75, 3.05) is 0 Å². The molecule has 0 radical (unpaired) electrons. The quantitative estimate of drug-likeness (QED) is 0.725. The number of hydrogen-bond acceptors (Lipinski definition) is 2. The van der Waals surface area contributed by atoms with E-state index in [1.807, 2.05) is 60.3 Å². The Morgan fingerprint density at radius 1 is 1.00 bits per heavy atom. The molecule has 0 saturated carbocycles. The van der Waals surface area contributed by atoms with Gasteiger partial charge in [0.15, 0.2) is 0 Å². The number of rotatable bonds is 4. The maximum Gasteiger partial charge on any atom is 0.119 e. The molecule has 0 aliphatic carbocycles. The zero-order chi connectivity index (χ0) is 13.8. The first-order chi connectivity index (χ1) is 9.81. The number of halogens is 1. The minimum Gasteiger partial charge on any atom is -0.489 e. The van der Waals surface area contributed by atoms with Crippen LogP contribution in [0.25, 0.3) is 11.3 Å². The van der Waals surface area contributed by atoms with Crippen molar-refractivity contribution in [1.29, 1.82) is 0 Å². The largest absolute Gasteiger partial charge is 0.489 e. The number of imidazole rings is 1. The molecule has 3 nitrogen and oxygen atoms in total. The third-order valence-corrected chi connectivity index (χ3v) is 3.10. The number of benzene rings is 2. The summed E-state index contributed by atoms with van der Waals surface area (Å²) in [6, 6.07) is 18.2. The summed E-state index contributed by atoms with van der Waals surface area (Å²) >= 11 is 0. The van der Waals surface area contributed by atoms with E-state index in [0.717, 1.165) is 17.0 Å². The first kappa shape index (κ1) is 15.1. The van der Waals surface area contributed by atoms with Gasteiger partial charge in [-0.25, -0.2) is 4.98 Å². The summed E-state index contributed by atoms with van der Waals surface area (Å²) in [4.78, 5) is 4.33. The first-order valence-electron chi connectivity index (χ1n) is 6.56. The van der Waals surface area contributed by atoms with Crippen LogP contribution in [-0.2, 0) is 13.7 Å². The third-order valence-electron chi connectivity index (χ3n) is 3.10. The van der Waals surface area contributed by atoms with Gasteiger partial charge in [-0.05, 0) is 29.8 Å². The Labute approximate surface area is 130 Å². The molecule has 0 amide bonds. The molecule has 0 atom stereocenters. The van der Waals surface area contributed by atoms with Crippen molar-refractivity contribution in [3.8, 4) is 17.0 Å². The van der Waals surface area contributed by atoms with Gasteiger partial charge < -0.3 is 9.30 Å². The lowest BCUT2D eigenvalue weighted by atomic mass is 10.1. The Bertz CT molecular complexity index is 678. The van der Waals surface area contributed by atoms with Gasteiger partial charge >= 0.3 is 0 Å². The topological polar surface area (TPSA) is 27.1 Å². The van der Waals surface area contributed by atoms with Crippen molar-refractivity contribution in [3.63, 3.8) is 0 Å². The molecule has 1 heterocycles. The highest BCUT2D eigenvalue weighted by Gasteiger charge is 2.01. The molecule has 0 saturated heterocycles. The number of nitrogens with zero attached hydrogens (tertiary/aromatic N) is 2. The van der Waals surface area contributed by atoms with E-state index >= 15 is 0 Å². The van der Waals surface area contributed by atoms with Crippen LogP contribution in [0.3, 0.4) is 0 Å². The summed E-state index contributed by atoms with van der Waals surface area (Å²) in [5.41, 5.74) is 3.24. The normalized spacial score (nSPS) is 9.95. The fraction of sp³-hybridized carbons (Fsp3) is 0.118. The lowest BCUT2D eigenvalue weighted by molar-refractivity contribution is 0.306. The summed E-state index contributed by atoms with van der Waals surface area (Å²) in [6.45, 7) is 0.587. The van der Waals surface area contributed by atoms with E-state index in [1.54, 1.807) is 6.33 Å². The highest BCUT2D eigenvalue weighted by atomic mass is 35.5. The Morgan fingerprint density at radius 3 is 2.33 bits per heavy atom. The molecule has 4 heteroatoms. The molecule has 0 aliphatic rings. The summed E-state index contributed by atoms with van der Waals surface area (Å²) in [5.74, 6) is 0.869. The van der Waals surface area contributed by atoms with E-state index in [4.69, 9.17) is 4.74 Å². The smallest absolute Gasteiger partial charge is 0.119 e. The van der Waals surface area contributed by atoms with Crippen LogP contribution >= 0.6 is 12.4 Å². The van der Waals surface area contributed by atoms with Crippen LogP contribution in [-0.4, -0.2) is 9.55 Å². The average Bonchev–Trinajstić information content (AvgIpc) is 2.93. The molecular formula is C17H17ClN2O. The molecule has 0 N–H and O–H groups in total. The van der Waals surface area contributed by atoms with Crippen LogP contribution in [0.5, 0.6) is 5.75 Å². The lowest BCUT2D eigenvalue weighted by Gasteiger charge is -2.06. The van der Waals surface area contributed by atoms with Gasteiger partial charge in [-0.3, -0.25) is 0 Å². The predicted octanol–water partition coefficient (Wildman–Crippen LogP) is 4.09. The predicted molar refractivity (Wildman–Crippen MR) is 86.7 cm³/mol. The molecule has 0 unspecified atom stereocenters. The lowest BCUT2D eigenvalue weighted by Crippen LogP contribution is -1.94. The molecule has 0 fully saturated rings. The van der Waals surface area contributed by atoms with Crippen molar-refractivity contribution in [2.24, 2.45) is 7.05 Å². The van der Waals surface area contributed by atoms with Gasteiger partial charge in [0.1, 0.15) is 12.4 Å². The molecule has 2 aromatic carbocycles. The zero-order valence-corrected chi connectivity index (χ0v) is 12.6. The van der Waals surface area contributed by atoms with Crippen LogP contribution in [0.2, 0.25) is 0 Å². The van der Waals surface area contributed by atoms with Crippen molar-refractivity contribution in [2.45, 2.75) is 6.61 Å². The molecule has 1 aromatic heterocycles. The maximum absolute atomic E-state index is 5.76. The molecule has 0 spiro atoms. The van der Waals surface area contributed by atoms with Gasteiger partial charge in [0, 0.05) is 18.8 Å². The van der Waals surface area contributed by atoms with Crippen LogP contribution in [0, 0.1) is 0 Å². The fourth-order valence-electron chi connectivity index (χ4n) is 2.02. The summed E-state index contributed by atoms with van der Waals surface area (Å²) in [6.07, 6.45) is 3.80. The number of hydrogen-bond donors (Lipinski definition) is 0. The Hall–Kier alpha value is -2.26. The number of aromatic nitrogens is 2. The van der Waals surface area contributed by atoms with Crippen molar-refractivity contribution in [1.82, 2.24) is 9.55 Å². The molecule has 108 valence electrons. The van der Waals surface area contributed by atoms with Gasteiger partial charge in [0.2, 0.25) is 0 Å². The van der Waals surface area contributed by atoms with Crippen LogP contribution in [0.4, 0.5) is 0 Å². The Morgan fingerprint density at radius 2 is 1.71 bits per heavy atom. The zero-order valence-electron chi connectivity index (χ0n) is 11.8. The SMILES string of the molecule is Cl.Cn1cnc(-c2ccc(OCc3ccccc3)cc2)c1. The molecule has 0 aliphatic heterocycles. The minimum absolute atomic E-state index is 0. The molecule has 3 aromatic rings. The van der Waals surface area contributed by atoms with E-state index in [0.29, 0.717) is 6.61 Å². The second kappa shape index (κ2) is 6.95.